The number of ether oxygens (including phenoxy) is 1. The molecule has 0 saturated carbocycles. The molecule has 0 aliphatic heterocycles. The van der Waals surface area contributed by atoms with Crippen molar-refractivity contribution in [3.63, 3.8) is 0 Å². The molecule has 3 rings (SSSR count). The van der Waals surface area contributed by atoms with Gasteiger partial charge in [-0.1, -0.05) is 13.8 Å². The molecule has 2 aromatic heterocycles. The molecule has 1 N–H and O–H groups in total. The summed E-state index contributed by atoms with van der Waals surface area (Å²) in [4.78, 5) is 4.55. The predicted octanol–water partition coefficient (Wildman–Crippen LogP) is 3.52. The highest BCUT2D eigenvalue weighted by Crippen LogP contribution is 2.33. The van der Waals surface area contributed by atoms with Gasteiger partial charge in [-0.15, -0.1) is 5.10 Å². The Labute approximate surface area is 139 Å². The number of benzene rings is 1. The van der Waals surface area contributed by atoms with E-state index in [4.69, 9.17) is 14.4 Å². The number of oxazole rings is 1. The molecule has 2 heterocycles. The summed E-state index contributed by atoms with van der Waals surface area (Å²) in [6.45, 7) is 6.55. The summed E-state index contributed by atoms with van der Waals surface area (Å²) in [5, 5.41) is 19.5. The van der Waals surface area contributed by atoms with Gasteiger partial charge in [0.2, 0.25) is 5.89 Å². The van der Waals surface area contributed by atoms with Gasteiger partial charge >= 0.3 is 0 Å². The van der Waals surface area contributed by atoms with Crippen molar-refractivity contribution in [2.24, 2.45) is 0 Å². The van der Waals surface area contributed by atoms with Crippen molar-refractivity contribution < 1.29 is 9.15 Å². The third-order valence-electron chi connectivity index (χ3n) is 3.47. The largest absolute Gasteiger partial charge is 0.494 e. The quantitative estimate of drug-likeness (QED) is 0.771. The molecule has 7 heteroatoms. The van der Waals surface area contributed by atoms with Gasteiger partial charge in [-0.3, -0.25) is 0 Å². The molecule has 0 atom stereocenters. The summed E-state index contributed by atoms with van der Waals surface area (Å²) >= 11 is 0. The van der Waals surface area contributed by atoms with Crippen LogP contribution in [0, 0.1) is 11.3 Å². The number of nitrogens with zero attached hydrogens (tertiary/aromatic N) is 4. The molecule has 0 bridgehead atoms. The van der Waals surface area contributed by atoms with Gasteiger partial charge in [-0.25, -0.2) is 4.98 Å². The van der Waals surface area contributed by atoms with E-state index < -0.39 is 0 Å². The highest BCUT2D eigenvalue weighted by molar-refractivity contribution is 5.66. The van der Waals surface area contributed by atoms with Gasteiger partial charge in [0, 0.05) is 11.5 Å². The van der Waals surface area contributed by atoms with Crippen LogP contribution in [-0.4, -0.2) is 27.0 Å². The van der Waals surface area contributed by atoms with E-state index in [0.29, 0.717) is 29.6 Å². The predicted molar refractivity (Wildman–Crippen MR) is 87.3 cm³/mol. The molecular formula is C17H17N5O2. The van der Waals surface area contributed by atoms with Crippen LogP contribution in [0.25, 0.3) is 22.8 Å². The van der Waals surface area contributed by atoms with E-state index in [2.05, 4.69) is 20.4 Å². The van der Waals surface area contributed by atoms with Crippen LogP contribution >= 0.6 is 0 Å². The molecule has 0 spiro atoms. The van der Waals surface area contributed by atoms with Crippen molar-refractivity contribution in [2.75, 3.05) is 6.61 Å². The normalized spacial score (nSPS) is 10.8. The van der Waals surface area contributed by atoms with Gasteiger partial charge in [0.15, 0.2) is 11.4 Å². The van der Waals surface area contributed by atoms with Crippen molar-refractivity contribution in [2.45, 2.75) is 26.7 Å². The van der Waals surface area contributed by atoms with E-state index in [-0.39, 0.29) is 11.6 Å². The number of aromatic amines is 1. The minimum Gasteiger partial charge on any atom is -0.494 e. The maximum atomic E-state index is 9.16. The molecule has 0 aliphatic rings. The number of rotatable bonds is 5. The third kappa shape index (κ3) is 2.86. The second-order valence-corrected chi connectivity index (χ2v) is 5.48. The molecule has 7 nitrogen and oxygen atoms in total. The van der Waals surface area contributed by atoms with Crippen molar-refractivity contribution in [3.8, 4) is 34.7 Å². The van der Waals surface area contributed by atoms with Gasteiger partial charge in [-0.2, -0.15) is 15.6 Å². The van der Waals surface area contributed by atoms with Gasteiger partial charge in [-0.05, 0) is 31.2 Å². The number of aromatic nitrogens is 4. The average Bonchev–Trinajstić information content (AvgIpc) is 3.22. The first-order valence-electron chi connectivity index (χ1n) is 7.69. The smallest absolute Gasteiger partial charge is 0.226 e. The van der Waals surface area contributed by atoms with Crippen LogP contribution in [0.1, 0.15) is 38.1 Å². The Morgan fingerprint density at radius 2 is 1.96 bits per heavy atom. The Morgan fingerprint density at radius 1 is 1.21 bits per heavy atom. The zero-order chi connectivity index (χ0) is 17.1. The first kappa shape index (κ1) is 15.7. The molecule has 0 saturated heterocycles. The summed E-state index contributed by atoms with van der Waals surface area (Å²) < 4.78 is 11.4. The van der Waals surface area contributed by atoms with Gasteiger partial charge < -0.3 is 9.15 Å². The van der Waals surface area contributed by atoms with Gasteiger partial charge in [0.05, 0.1) is 6.61 Å². The third-order valence-corrected chi connectivity index (χ3v) is 3.47. The zero-order valence-electron chi connectivity index (χ0n) is 13.7. The number of nitrogens with one attached hydrogen (secondary N) is 1. The molecule has 1 aromatic carbocycles. The fourth-order valence-corrected chi connectivity index (χ4v) is 2.35. The molecular weight excluding hydrogens is 306 g/mol. The second kappa shape index (κ2) is 6.54. The topological polar surface area (TPSA) is 101 Å². The minimum absolute atomic E-state index is 0.0900. The molecule has 0 unspecified atom stereocenters. The van der Waals surface area contributed by atoms with Crippen LogP contribution in [0.2, 0.25) is 0 Å². The molecule has 122 valence electrons. The SMILES string of the molecule is CCOc1ccc(-c2nc(-c3n[nH]nc3C#N)c(C(C)C)o2)cc1. The number of hydrogen-bond donors (Lipinski definition) is 1. The summed E-state index contributed by atoms with van der Waals surface area (Å²) in [6, 6.07) is 9.52. The monoisotopic (exact) mass is 323 g/mol. The van der Waals surface area contributed by atoms with Crippen molar-refractivity contribution in [3.05, 3.63) is 35.7 Å². The molecule has 0 amide bonds. The first-order chi connectivity index (χ1) is 11.6. The lowest BCUT2D eigenvalue weighted by Gasteiger charge is -2.03. The Balaban J connectivity index is 2.05. The van der Waals surface area contributed by atoms with Crippen molar-refractivity contribution >= 4 is 0 Å². The van der Waals surface area contributed by atoms with E-state index in [1.54, 1.807) is 0 Å². The maximum absolute atomic E-state index is 9.16. The van der Waals surface area contributed by atoms with E-state index in [1.165, 1.54) is 0 Å². The molecule has 0 aliphatic carbocycles. The van der Waals surface area contributed by atoms with Crippen LogP contribution in [0.3, 0.4) is 0 Å². The van der Waals surface area contributed by atoms with Crippen LogP contribution < -0.4 is 4.74 Å². The Morgan fingerprint density at radius 3 is 2.58 bits per heavy atom. The summed E-state index contributed by atoms with van der Waals surface area (Å²) in [5.41, 5.74) is 1.97. The summed E-state index contributed by atoms with van der Waals surface area (Å²) in [7, 11) is 0. The van der Waals surface area contributed by atoms with Crippen LogP contribution in [-0.2, 0) is 0 Å². The number of hydrogen-bond acceptors (Lipinski definition) is 6. The summed E-state index contributed by atoms with van der Waals surface area (Å²) in [5.74, 6) is 2.03. The minimum atomic E-state index is 0.0900. The van der Waals surface area contributed by atoms with E-state index >= 15 is 0 Å². The van der Waals surface area contributed by atoms with Gasteiger partial charge in [0.1, 0.15) is 23.3 Å². The highest BCUT2D eigenvalue weighted by Gasteiger charge is 2.23. The van der Waals surface area contributed by atoms with E-state index in [0.717, 1.165) is 11.3 Å². The van der Waals surface area contributed by atoms with E-state index in [9.17, 15) is 0 Å². The van der Waals surface area contributed by atoms with Crippen molar-refractivity contribution in [1.82, 2.24) is 20.4 Å². The Bertz CT molecular complexity index is 871. The Kier molecular flexibility index (Phi) is 4.29. The fraction of sp³-hybridized carbons (Fsp3) is 0.294. The zero-order valence-corrected chi connectivity index (χ0v) is 13.7. The van der Waals surface area contributed by atoms with Crippen LogP contribution in [0.4, 0.5) is 0 Å². The molecule has 0 radical (unpaired) electrons. The van der Waals surface area contributed by atoms with E-state index in [1.807, 2.05) is 51.1 Å². The second-order valence-electron chi connectivity index (χ2n) is 5.48. The highest BCUT2D eigenvalue weighted by atomic mass is 16.5. The molecule has 0 fully saturated rings. The number of H-pyrrole nitrogens is 1. The fourth-order valence-electron chi connectivity index (χ4n) is 2.35. The first-order valence-corrected chi connectivity index (χ1v) is 7.69. The van der Waals surface area contributed by atoms with Crippen molar-refractivity contribution in [1.29, 1.82) is 5.26 Å². The lowest BCUT2D eigenvalue weighted by atomic mass is 10.1. The summed E-state index contributed by atoms with van der Waals surface area (Å²) in [6.07, 6.45) is 0. The molecule has 3 aromatic rings. The lowest BCUT2D eigenvalue weighted by molar-refractivity contribution is 0.340. The molecule has 24 heavy (non-hydrogen) atoms. The van der Waals surface area contributed by atoms with Gasteiger partial charge in [0.25, 0.3) is 0 Å². The standard InChI is InChI=1S/C17H17N5O2/c1-4-23-12-7-5-11(6-8-12)17-19-15(16(24-17)10(2)3)14-13(9-18)20-22-21-14/h5-8,10H,4H2,1-3H3,(H,20,21,22). The lowest BCUT2D eigenvalue weighted by Crippen LogP contribution is -1.91. The van der Waals surface area contributed by atoms with Crippen LogP contribution in [0.5, 0.6) is 5.75 Å². The number of nitriles is 1. The van der Waals surface area contributed by atoms with Crippen LogP contribution in [0.15, 0.2) is 28.7 Å². The average molecular weight is 323 g/mol. The Hall–Kier alpha value is -3.14. The maximum Gasteiger partial charge on any atom is 0.226 e.